The Labute approximate surface area is 121 Å². The molecule has 0 aliphatic heterocycles. The molecule has 0 aromatic heterocycles. The molecule has 0 amide bonds. The molecule has 0 spiro atoms. The van der Waals surface area contributed by atoms with Crippen molar-refractivity contribution in [3.05, 3.63) is 63.6 Å². The molecule has 1 N–H and O–H groups in total. The topological polar surface area (TPSA) is 41.8 Å². The van der Waals surface area contributed by atoms with E-state index < -0.39 is 0 Å². The van der Waals surface area contributed by atoms with Crippen molar-refractivity contribution in [3.8, 4) is 5.75 Å². The Bertz CT molecular complexity index is 600. The van der Waals surface area contributed by atoms with Gasteiger partial charge in [0.1, 0.15) is 12.4 Å². The van der Waals surface area contributed by atoms with E-state index in [2.05, 4.69) is 5.16 Å². The molecule has 2 aromatic rings. The fourth-order valence-electron chi connectivity index (χ4n) is 1.46. The minimum absolute atomic E-state index is 0.0968. The first-order valence-corrected chi connectivity index (χ1v) is 6.29. The van der Waals surface area contributed by atoms with Crippen molar-refractivity contribution in [2.75, 3.05) is 0 Å². The van der Waals surface area contributed by atoms with Gasteiger partial charge in [-0.25, -0.2) is 0 Å². The number of rotatable bonds is 4. The summed E-state index contributed by atoms with van der Waals surface area (Å²) in [5.41, 5.74) is 1.42. The number of phenols is 1. The van der Waals surface area contributed by atoms with E-state index in [4.69, 9.17) is 28.0 Å². The van der Waals surface area contributed by atoms with Crippen LogP contribution in [0.2, 0.25) is 10.0 Å². The molecule has 0 bridgehead atoms. The van der Waals surface area contributed by atoms with Crippen molar-refractivity contribution >= 4 is 29.4 Å². The zero-order valence-electron chi connectivity index (χ0n) is 9.88. The first-order chi connectivity index (χ1) is 9.15. The van der Waals surface area contributed by atoms with Gasteiger partial charge in [0.2, 0.25) is 0 Å². The lowest BCUT2D eigenvalue weighted by molar-refractivity contribution is 0.132. The summed E-state index contributed by atoms with van der Waals surface area (Å²) < 4.78 is 0. The Morgan fingerprint density at radius 3 is 2.68 bits per heavy atom. The van der Waals surface area contributed by atoms with Crippen LogP contribution in [0, 0.1) is 0 Å². The number of nitrogens with zero attached hydrogens (tertiary/aromatic N) is 1. The number of hydrogen-bond acceptors (Lipinski definition) is 3. The van der Waals surface area contributed by atoms with Gasteiger partial charge in [-0.15, -0.1) is 0 Å². The second-order valence-corrected chi connectivity index (χ2v) is 4.71. The molecule has 5 heteroatoms. The summed E-state index contributed by atoms with van der Waals surface area (Å²) in [5.74, 6) is 0.0968. The first-order valence-electron chi connectivity index (χ1n) is 5.53. The summed E-state index contributed by atoms with van der Waals surface area (Å²) in [6, 6.07) is 12.0. The van der Waals surface area contributed by atoms with Gasteiger partial charge >= 0.3 is 0 Å². The quantitative estimate of drug-likeness (QED) is 0.677. The summed E-state index contributed by atoms with van der Waals surface area (Å²) >= 11 is 11.7. The minimum atomic E-state index is 0.0968. The average molecular weight is 296 g/mol. The second kappa shape index (κ2) is 6.45. The van der Waals surface area contributed by atoms with Crippen LogP contribution in [-0.4, -0.2) is 11.3 Å². The summed E-state index contributed by atoms with van der Waals surface area (Å²) in [6.45, 7) is 0.304. The van der Waals surface area contributed by atoms with Crippen LogP contribution in [0.3, 0.4) is 0 Å². The van der Waals surface area contributed by atoms with E-state index in [-0.39, 0.29) is 5.75 Å². The first kappa shape index (κ1) is 13.7. The van der Waals surface area contributed by atoms with Crippen LogP contribution >= 0.6 is 23.2 Å². The van der Waals surface area contributed by atoms with Crippen molar-refractivity contribution in [1.29, 1.82) is 0 Å². The van der Waals surface area contributed by atoms with Gasteiger partial charge in [-0.05, 0) is 35.9 Å². The molecule has 0 aliphatic carbocycles. The Morgan fingerprint density at radius 1 is 1.11 bits per heavy atom. The molecule has 0 unspecified atom stereocenters. The Kier molecular flexibility index (Phi) is 4.66. The Hall–Kier alpha value is -1.71. The number of oxime groups is 1. The van der Waals surface area contributed by atoms with Gasteiger partial charge in [0.15, 0.2) is 0 Å². The fourth-order valence-corrected chi connectivity index (χ4v) is 1.85. The Balaban J connectivity index is 1.95. The van der Waals surface area contributed by atoms with Crippen LogP contribution in [0.5, 0.6) is 5.75 Å². The molecule has 0 atom stereocenters. The SMILES string of the molecule is Oc1ccc(Cl)cc1/C=N\OCc1cccc(Cl)c1. The zero-order valence-corrected chi connectivity index (χ0v) is 11.4. The van der Waals surface area contributed by atoms with Crippen LogP contribution in [-0.2, 0) is 11.4 Å². The third-order valence-electron chi connectivity index (χ3n) is 2.38. The molecule has 98 valence electrons. The third kappa shape index (κ3) is 4.16. The highest BCUT2D eigenvalue weighted by molar-refractivity contribution is 6.31. The maximum Gasteiger partial charge on any atom is 0.142 e. The molecule has 0 saturated heterocycles. The maximum absolute atomic E-state index is 9.56. The van der Waals surface area contributed by atoms with Crippen LogP contribution in [0.4, 0.5) is 0 Å². The van der Waals surface area contributed by atoms with E-state index in [0.717, 1.165) is 5.56 Å². The third-order valence-corrected chi connectivity index (χ3v) is 2.85. The van der Waals surface area contributed by atoms with Crippen molar-refractivity contribution in [2.24, 2.45) is 5.16 Å². The highest BCUT2D eigenvalue weighted by Crippen LogP contribution is 2.19. The number of halogens is 2. The molecule has 0 radical (unpaired) electrons. The lowest BCUT2D eigenvalue weighted by Crippen LogP contribution is -1.88. The maximum atomic E-state index is 9.56. The standard InChI is InChI=1S/C14H11Cl2NO2/c15-12-3-1-2-10(6-12)9-19-17-8-11-7-13(16)4-5-14(11)18/h1-8,18H,9H2/b17-8-. The zero-order chi connectivity index (χ0) is 13.7. The predicted molar refractivity (Wildman–Crippen MR) is 77.0 cm³/mol. The molecular formula is C14H11Cl2NO2. The Morgan fingerprint density at radius 2 is 1.89 bits per heavy atom. The van der Waals surface area contributed by atoms with Gasteiger partial charge in [-0.1, -0.05) is 40.5 Å². The largest absolute Gasteiger partial charge is 0.507 e. The number of benzene rings is 2. The van der Waals surface area contributed by atoms with Crippen molar-refractivity contribution in [2.45, 2.75) is 6.61 Å². The summed E-state index contributed by atoms with van der Waals surface area (Å²) in [6.07, 6.45) is 1.41. The molecule has 0 heterocycles. The van der Waals surface area contributed by atoms with Gasteiger partial charge in [0.25, 0.3) is 0 Å². The van der Waals surface area contributed by atoms with E-state index in [9.17, 15) is 5.11 Å². The monoisotopic (exact) mass is 295 g/mol. The highest BCUT2D eigenvalue weighted by Gasteiger charge is 1.99. The number of phenolic OH excluding ortho intramolecular Hbond substituents is 1. The summed E-state index contributed by atoms with van der Waals surface area (Å²) in [4.78, 5) is 5.13. The number of hydrogen-bond donors (Lipinski definition) is 1. The van der Waals surface area contributed by atoms with Crippen molar-refractivity contribution in [3.63, 3.8) is 0 Å². The molecule has 0 saturated carbocycles. The summed E-state index contributed by atoms with van der Waals surface area (Å²) in [5, 5.41) is 14.5. The molecule has 3 nitrogen and oxygen atoms in total. The molecule has 2 rings (SSSR count). The summed E-state index contributed by atoms with van der Waals surface area (Å²) in [7, 11) is 0. The molecule has 2 aromatic carbocycles. The smallest absolute Gasteiger partial charge is 0.142 e. The van der Waals surface area contributed by atoms with E-state index in [1.165, 1.54) is 12.3 Å². The van der Waals surface area contributed by atoms with Crippen LogP contribution in [0.15, 0.2) is 47.6 Å². The van der Waals surface area contributed by atoms with Gasteiger partial charge in [0.05, 0.1) is 6.21 Å². The van der Waals surface area contributed by atoms with Gasteiger partial charge in [0, 0.05) is 15.6 Å². The predicted octanol–water partition coefficient (Wildman–Crippen LogP) is 4.25. The van der Waals surface area contributed by atoms with Crippen molar-refractivity contribution in [1.82, 2.24) is 0 Å². The molecule has 0 fully saturated rings. The molecule has 19 heavy (non-hydrogen) atoms. The second-order valence-electron chi connectivity index (χ2n) is 3.84. The number of aromatic hydroxyl groups is 1. The van der Waals surface area contributed by atoms with Crippen LogP contribution in [0.25, 0.3) is 0 Å². The van der Waals surface area contributed by atoms with Gasteiger partial charge in [-0.3, -0.25) is 0 Å². The van der Waals surface area contributed by atoms with Gasteiger partial charge < -0.3 is 9.94 Å². The normalized spacial score (nSPS) is 10.8. The van der Waals surface area contributed by atoms with Gasteiger partial charge in [-0.2, -0.15) is 0 Å². The van der Waals surface area contributed by atoms with Crippen molar-refractivity contribution < 1.29 is 9.94 Å². The lowest BCUT2D eigenvalue weighted by atomic mass is 10.2. The minimum Gasteiger partial charge on any atom is -0.507 e. The lowest BCUT2D eigenvalue weighted by Gasteiger charge is -2.01. The van der Waals surface area contributed by atoms with E-state index in [1.54, 1.807) is 24.3 Å². The van der Waals surface area contributed by atoms with E-state index >= 15 is 0 Å². The van der Waals surface area contributed by atoms with Crippen LogP contribution < -0.4 is 0 Å². The average Bonchev–Trinajstić information content (AvgIpc) is 2.39. The molecule has 0 aliphatic rings. The molecular weight excluding hydrogens is 285 g/mol. The fraction of sp³-hybridized carbons (Fsp3) is 0.0714. The van der Waals surface area contributed by atoms with Crippen LogP contribution in [0.1, 0.15) is 11.1 Å². The van der Waals surface area contributed by atoms with E-state index in [0.29, 0.717) is 22.2 Å². The van der Waals surface area contributed by atoms with E-state index in [1.807, 2.05) is 12.1 Å². The highest BCUT2D eigenvalue weighted by atomic mass is 35.5.